The largest absolute Gasteiger partial charge is 0.497 e. The van der Waals surface area contributed by atoms with Crippen LogP contribution in [0.1, 0.15) is 5.56 Å². The van der Waals surface area contributed by atoms with Crippen molar-refractivity contribution in [2.24, 2.45) is 0 Å². The highest BCUT2D eigenvalue weighted by Crippen LogP contribution is 2.23. The summed E-state index contributed by atoms with van der Waals surface area (Å²) in [6.07, 6.45) is 3.74. The zero-order valence-electron chi connectivity index (χ0n) is 12.0. The summed E-state index contributed by atoms with van der Waals surface area (Å²) in [5.41, 5.74) is 8.71. The number of nitrogens with zero attached hydrogens (tertiary/aromatic N) is 3. The van der Waals surface area contributed by atoms with Gasteiger partial charge in [-0.05, 0) is 35.4 Å². The number of anilines is 1. The Morgan fingerprint density at radius 3 is 2.64 bits per heavy atom. The van der Waals surface area contributed by atoms with E-state index in [1.165, 1.54) is 0 Å². The summed E-state index contributed by atoms with van der Waals surface area (Å²) in [6.45, 7) is 0.679. The lowest BCUT2D eigenvalue weighted by molar-refractivity contribution is 0.414. The van der Waals surface area contributed by atoms with Crippen LogP contribution < -0.4 is 10.5 Å². The second-order valence-corrected chi connectivity index (χ2v) is 5.27. The van der Waals surface area contributed by atoms with Gasteiger partial charge < -0.3 is 10.5 Å². The first-order valence-corrected chi connectivity index (χ1v) is 7.10. The van der Waals surface area contributed by atoms with Crippen LogP contribution in [0.2, 0.25) is 5.15 Å². The highest BCUT2D eigenvalue weighted by Gasteiger charge is 2.05. The van der Waals surface area contributed by atoms with Gasteiger partial charge in [0.05, 0.1) is 19.9 Å². The number of halogens is 1. The van der Waals surface area contributed by atoms with Crippen LogP contribution in [-0.4, -0.2) is 21.9 Å². The summed E-state index contributed by atoms with van der Waals surface area (Å²) in [4.78, 5) is 3.95. The molecule has 0 aliphatic rings. The van der Waals surface area contributed by atoms with Gasteiger partial charge in [0, 0.05) is 11.8 Å². The Hall–Kier alpha value is -2.53. The van der Waals surface area contributed by atoms with Crippen molar-refractivity contribution < 1.29 is 4.74 Å². The number of hydrogen-bond acceptors (Lipinski definition) is 4. The van der Waals surface area contributed by atoms with Gasteiger partial charge in [-0.15, -0.1) is 0 Å². The second-order valence-electron chi connectivity index (χ2n) is 4.88. The average Bonchev–Trinajstić information content (AvgIpc) is 2.96. The third kappa shape index (κ3) is 3.20. The molecule has 0 aliphatic carbocycles. The van der Waals surface area contributed by atoms with Gasteiger partial charge in [-0.3, -0.25) is 4.68 Å². The van der Waals surface area contributed by atoms with Crippen molar-refractivity contribution in [3.05, 3.63) is 59.5 Å². The topological polar surface area (TPSA) is 66.0 Å². The molecule has 0 saturated carbocycles. The van der Waals surface area contributed by atoms with Crippen LogP contribution in [0.25, 0.3) is 11.1 Å². The van der Waals surface area contributed by atoms with Gasteiger partial charge >= 0.3 is 0 Å². The average molecular weight is 315 g/mol. The van der Waals surface area contributed by atoms with Gasteiger partial charge in [0.15, 0.2) is 0 Å². The predicted molar refractivity (Wildman–Crippen MR) is 87.0 cm³/mol. The monoisotopic (exact) mass is 314 g/mol. The van der Waals surface area contributed by atoms with E-state index in [9.17, 15) is 0 Å². The first-order valence-electron chi connectivity index (χ1n) is 6.73. The van der Waals surface area contributed by atoms with E-state index < -0.39 is 0 Å². The van der Waals surface area contributed by atoms with Gasteiger partial charge in [-0.2, -0.15) is 5.10 Å². The van der Waals surface area contributed by atoms with Crippen molar-refractivity contribution >= 4 is 17.4 Å². The van der Waals surface area contributed by atoms with Crippen LogP contribution >= 0.6 is 11.6 Å². The van der Waals surface area contributed by atoms with Gasteiger partial charge in [0.1, 0.15) is 16.7 Å². The molecule has 2 heterocycles. The highest BCUT2D eigenvalue weighted by atomic mass is 35.5. The maximum Gasteiger partial charge on any atom is 0.132 e. The standard InChI is InChI=1S/C16H15ClN4O/c1-22-14-4-2-11(3-5-14)9-21-10-13(8-19-21)12-6-15(17)20-16(18)7-12/h2-8,10H,9H2,1H3,(H2,18,20). The summed E-state index contributed by atoms with van der Waals surface area (Å²) in [7, 11) is 1.65. The second kappa shape index (κ2) is 6.07. The van der Waals surface area contributed by atoms with Crippen molar-refractivity contribution in [3.63, 3.8) is 0 Å². The summed E-state index contributed by atoms with van der Waals surface area (Å²) in [5, 5.41) is 4.74. The lowest BCUT2D eigenvalue weighted by Crippen LogP contribution is -1.99. The van der Waals surface area contributed by atoms with E-state index in [1.807, 2.05) is 35.1 Å². The van der Waals surface area contributed by atoms with Crippen molar-refractivity contribution in [1.29, 1.82) is 0 Å². The number of pyridine rings is 1. The molecule has 5 nitrogen and oxygen atoms in total. The smallest absolute Gasteiger partial charge is 0.132 e. The molecule has 3 rings (SSSR count). The lowest BCUT2D eigenvalue weighted by atomic mass is 10.1. The SMILES string of the molecule is COc1ccc(Cn2cc(-c3cc(N)nc(Cl)c3)cn2)cc1. The fraction of sp³-hybridized carbons (Fsp3) is 0.125. The van der Waals surface area contributed by atoms with Crippen LogP contribution in [0.15, 0.2) is 48.8 Å². The van der Waals surface area contributed by atoms with Crippen LogP contribution in [0.4, 0.5) is 5.82 Å². The maximum absolute atomic E-state index is 5.93. The molecule has 0 bridgehead atoms. The van der Waals surface area contributed by atoms with E-state index in [0.717, 1.165) is 22.4 Å². The first-order chi connectivity index (χ1) is 10.6. The van der Waals surface area contributed by atoms with Crippen molar-refractivity contribution in [3.8, 4) is 16.9 Å². The minimum atomic E-state index is 0.373. The molecule has 0 radical (unpaired) electrons. The summed E-state index contributed by atoms with van der Waals surface area (Å²) < 4.78 is 7.01. The minimum absolute atomic E-state index is 0.373. The normalized spacial score (nSPS) is 10.6. The van der Waals surface area contributed by atoms with E-state index in [0.29, 0.717) is 17.5 Å². The summed E-state index contributed by atoms with van der Waals surface area (Å²) in [5.74, 6) is 1.23. The Morgan fingerprint density at radius 1 is 1.18 bits per heavy atom. The molecule has 2 aromatic heterocycles. The van der Waals surface area contributed by atoms with E-state index in [4.69, 9.17) is 22.1 Å². The third-order valence-corrected chi connectivity index (χ3v) is 3.48. The molecule has 6 heteroatoms. The fourth-order valence-electron chi connectivity index (χ4n) is 2.20. The molecule has 0 atom stereocenters. The molecule has 0 spiro atoms. The number of nitrogens with two attached hydrogens (primary N) is 1. The van der Waals surface area contributed by atoms with Crippen LogP contribution in [0.3, 0.4) is 0 Å². The van der Waals surface area contributed by atoms with Gasteiger partial charge in [0.25, 0.3) is 0 Å². The molecule has 1 aromatic carbocycles. The Balaban J connectivity index is 1.80. The fourth-order valence-corrected chi connectivity index (χ4v) is 2.42. The number of benzene rings is 1. The first kappa shape index (κ1) is 14.4. The predicted octanol–water partition coefficient (Wildman–Crippen LogP) is 3.24. The molecule has 22 heavy (non-hydrogen) atoms. The number of rotatable bonds is 4. The number of ether oxygens (including phenoxy) is 1. The van der Waals surface area contributed by atoms with E-state index >= 15 is 0 Å². The van der Waals surface area contributed by atoms with E-state index in [1.54, 1.807) is 25.4 Å². The number of nitrogen functional groups attached to an aromatic ring is 1. The number of aromatic nitrogens is 3. The Bertz CT molecular complexity index is 763. The quantitative estimate of drug-likeness (QED) is 0.751. The van der Waals surface area contributed by atoms with Crippen LogP contribution in [0, 0.1) is 0 Å². The summed E-state index contributed by atoms with van der Waals surface area (Å²) >= 11 is 5.93. The Labute approximate surface area is 133 Å². The number of methoxy groups -OCH3 is 1. The molecule has 0 saturated heterocycles. The molecular formula is C16H15ClN4O. The van der Waals surface area contributed by atoms with Crippen molar-refractivity contribution in [2.45, 2.75) is 6.54 Å². The van der Waals surface area contributed by atoms with E-state index in [-0.39, 0.29) is 0 Å². The molecule has 0 fully saturated rings. The molecule has 0 aliphatic heterocycles. The molecule has 112 valence electrons. The van der Waals surface area contributed by atoms with Gasteiger partial charge in [0.2, 0.25) is 0 Å². The highest BCUT2D eigenvalue weighted by molar-refractivity contribution is 6.29. The Kier molecular flexibility index (Phi) is 3.98. The Morgan fingerprint density at radius 2 is 1.95 bits per heavy atom. The van der Waals surface area contributed by atoms with Crippen LogP contribution in [0.5, 0.6) is 5.75 Å². The zero-order chi connectivity index (χ0) is 15.5. The number of hydrogen-bond donors (Lipinski definition) is 1. The third-order valence-electron chi connectivity index (χ3n) is 3.28. The zero-order valence-corrected chi connectivity index (χ0v) is 12.8. The molecule has 0 amide bonds. The van der Waals surface area contributed by atoms with Crippen molar-refractivity contribution in [2.75, 3.05) is 12.8 Å². The molecule has 3 aromatic rings. The maximum atomic E-state index is 5.93. The van der Waals surface area contributed by atoms with E-state index in [2.05, 4.69) is 10.1 Å². The summed E-state index contributed by atoms with van der Waals surface area (Å²) in [6, 6.07) is 11.4. The van der Waals surface area contributed by atoms with Gasteiger partial charge in [-0.1, -0.05) is 23.7 Å². The van der Waals surface area contributed by atoms with Crippen LogP contribution in [-0.2, 0) is 6.54 Å². The molecule has 0 unspecified atom stereocenters. The minimum Gasteiger partial charge on any atom is -0.497 e. The van der Waals surface area contributed by atoms with Gasteiger partial charge in [-0.25, -0.2) is 4.98 Å². The van der Waals surface area contributed by atoms with Crippen molar-refractivity contribution in [1.82, 2.24) is 14.8 Å². The molecule has 2 N–H and O–H groups in total. The molecular weight excluding hydrogens is 300 g/mol. The lowest BCUT2D eigenvalue weighted by Gasteiger charge is -2.04.